The highest BCUT2D eigenvalue weighted by atomic mass is 16.5. The number of urea groups is 1. The number of ether oxygens (including phenoxy) is 1. The summed E-state index contributed by atoms with van der Waals surface area (Å²) in [7, 11) is 0. The van der Waals surface area contributed by atoms with E-state index < -0.39 is 5.97 Å². The zero-order chi connectivity index (χ0) is 19.6. The van der Waals surface area contributed by atoms with Gasteiger partial charge in [-0.05, 0) is 31.5 Å². The highest BCUT2D eigenvalue weighted by Gasteiger charge is 2.16. The Kier molecular flexibility index (Phi) is 7.67. The fourth-order valence-corrected chi connectivity index (χ4v) is 2.80. The van der Waals surface area contributed by atoms with Gasteiger partial charge in [0.2, 0.25) is 0 Å². The predicted molar refractivity (Wildman–Crippen MR) is 105 cm³/mol. The summed E-state index contributed by atoms with van der Waals surface area (Å²) in [5.74, 6) is -0.452. The molecule has 144 valence electrons. The molecule has 0 radical (unpaired) electrons. The molecule has 1 aromatic carbocycles. The summed E-state index contributed by atoms with van der Waals surface area (Å²) in [6, 6.07) is 12.0. The molecule has 2 amide bonds. The van der Waals surface area contributed by atoms with Crippen LogP contribution in [0, 0.1) is 6.92 Å². The van der Waals surface area contributed by atoms with E-state index in [1.54, 1.807) is 17.9 Å². The summed E-state index contributed by atoms with van der Waals surface area (Å²) in [6.07, 6.45) is 3.66. The van der Waals surface area contributed by atoms with Crippen LogP contribution in [-0.2, 0) is 22.6 Å². The zero-order valence-electron chi connectivity index (χ0n) is 16.0. The summed E-state index contributed by atoms with van der Waals surface area (Å²) in [5, 5.41) is 2.60. The predicted octanol–water partition coefficient (Wildman–Crippen LogP) is 3.11. The molecule has 1 heterocycles. The lowest BCUT2D eigenvalue weighted by atomic mass is 10.1. The van der Waals surface area contributed by atoms with Crippen molar-refractivity contribution in [2.24, 2.45) is 0 Å². The third-order valence-electron chi connectivity index (χ3n) is 4.04. The Labute approximate surface area is 160 Å². The number of nitrogens with one attached hydrogen (secondary N) is 1. The van der Waals surface area contributed by atoms with Crippen LogP contribution in [-0.4, -0.2) is 41.2 Å². The van der Waals surface area contributed by atoms with Crippen LogP contribution in [0.15, 0.2) is 55.3 Å². The van der Waals surface area contributed by atoms with Crippen LogP contribution in [0.2, 0.25) is 0 Å². The Hall–Kier alpha value is -3.02. The second kappa shape index (κ2) is 10.2. The van der Waals surface area contributed by atoms with E-state index in [0.29, 0.717) is 13.1 Å². The van der Waals surface area contributed by atoms with Crippen molar-refractivity contribution in [3.63, 3.8) is 0 Å². The standard InChI is InChI=1S/C21H27N3O3/c1-4-11-24(21(26)22-14-20(25)27-5-2)16-19-10-7-12-23(19)15-18-9-6-8-17(3)13-18/h4,6-10,12-13H,1,5,11,14-16H2,2-3H3,(H,22,26). The largest absolute Gasteiger partial charge is 0.465 e. The molecule has 0 fully saturated rings. The lowest BCUT2D eigenvalue weighted by molar-refractivity contribution is -0.141. The van der Waals surface area contributed by atoms with Crippen LogP contribution in [0.3, 0.4) is 0 Å². The molecular formula is C21H27N3O3. The number of hydrogen-bond donors (Lipinski definition) is 1. The van der Waals surface area contributed by atoms with Crippen LogP contribution in [0.4, 0.5) is 4.79 Å². The molecule has 0 aliphatic heterocycles. The lowest BCUT2D eigenvalue weighted by Crippen LogP contribution is -2.42. The minimum Gasteiger partial charge on any atom is -0.465 e. The van der Waals surface area contributed by atoms with Gasteiger partial charge in [-0.1, -0.05) is 35.9 Å². The molecule has 0 saturated carbocycles. The number of esters is 1. The Morgan fingerprint density at radius 3 is 2.81 bits per heavy atom. The zero-order valence-corrected chi connectivity index (χ0v) is 16.0. The van der Waals surface area contributed by atoms with Gasteiger partial charge in [0.25, 0.3) is 0 Å². The van der Waals surface area contributed by atoms with Crippen LogP contribution >= 0.6 is 0 Å². The van der Waals surface area contributed by atoms with E-state index in [4.69, 9.17) is 4.74 Å². The van der Waals surface area contributed by atoms with Gasteiger partial charge in [0.15, 0.2) is 0 Å². The quantitative estimate of drug-likeness (QED) is 0.546. The number of rotatable bonds is 9. The second-order valence-electron chi connectivity index (χ2n) is 6.25. The number of nitrogens with zero attached hydrogens (tertiary/aromatic N) is 2. The van der Waals surface area contributed by atoms with E-state index in [1.807, 2.05) is 24.4 Å². The average Bonchev–Trinajstić information content (AvgIpc) is 3.06. The third kappa shape index (κ3) is 6.33. The highest BCUT2D eigenvalue weighted by Crippen LogP contribution is 2.12. The first-order chi connectivity index (χ1) is 13.0. The van der Waals surface area contributed by atoms with E-state index >= 15 is 0 Å². The molecule has 6 heteroatoms. The van der Waals surface area contributed by atoms with Gasteiger partial charge < -0.3 is 19.5 Å². The van der Waals surface area contributed by atoms with Gasteiger partial charge in [-0.3, -0.25) is 4.79 Å². The molecule has 6 nitrogen and oxygen atoms in total. The van der Waals surface area contributed by atoms with E-state index in [0.717, 1.165) is 12.2 Å². The second-order valence-corrected chi connectivity index (χ2v) is 6.25. The summed E-state index contributed by atoms with van der Waals surface area (Å²) in [5.41, 5.74) is 3.42. The molecule has 0 atom stereocenters. The Morgan fingerprint density at radius 1 is 1.30 bits per heavy atom. The maximum absolute atomic E-state index is 12.4. The van der Waals surface area contributed by atoms with Crippen molar-refractivity contribution >= 4 is 12.0 Å². The first kappa shape index (κ1) is 20.3. The maximum atomic E-state index is 12.4. The molecule has 0 spiro atoms. The van der Waals surface area contributed by atoms with Crippen LogP contribution in [0.1, 0.15) is 23.7 Å². The third-order valence-corrected chi connectivity index (χ3v) is 4.04. The summed E-state index contributed by atoms with van der Waals surface area (Å²) in [6.45, 7) is 9.18. The van der Waals surface area contributed by atoms with E-state index in [-0.39, 0.29) is 19.2 Å². The number of amides is 2. The first-order valence-corrected chi connectivity index (χ1v) is 9.02. The van der Waals surface area contributed by atoms with Crippen molar-refractivity contribution in [2.75, 3.05) is 19.7 Å². The van der Waals surface area contributed by atoms with E-state index in [1.165, 1.54) is 11.1 Å². The van der Waals surface area contributed by atoms with Crippen LogP contribution < -0.4 is 5.32 Å². The molecule has 0 bridgehead atoms. The molecule has 2 rings (SSSR count). The van der Waals surface area contributed by atoms with Crippen LogP contribution in [0.25, 0.3) is 0 Å². The highest BCUT2D eigenvalue weighted by molar-refractivity contribution is 5.80. The Morgan fingerprint density at radius 2 is 2.11 bits per heavy atom. The number of benzene rings is 1. The van der Waals surface area contributed by atoms with Gasteiger partial charge in [-0.25, -0.2) is 4.79 Å². The molecule has 0 unspecified atom stereocenters. The Bertz CT molecular complexity index is 782. The Balaban J connectivity index is 2.03. The van der Waals surface area contributed by atoms with Gasteiger partial charge in [-0.2, -0.15) is 0 Å². The fraction of sp³-hybridized carbons (Fsp3) is 0.333. The number of hydrogen-bond acceptors (Lipinski definition) is 3. The van der Waals surface area contributed by atoms with Gasteiger partial charge >= 0.3 is 12.0 Å². The molecule has 1 N–H and O–H groups in total. The molecule has 1 aromatic heterocycles. The average molecular weight is 369 g/mol. The number of carbonyl (C=O) groups is 2. The van der Waals surface area contributed by atoms with E-state index in [9.17, 15) is 9.59 Å². The molecule has 27 heavy (non-hydrogen) atoms. The van der Waals surface area contributed by atoms with Crippen molar-refractivity contribution in [1.29, 1.82) is 0 Å². The summed E-state index contributed by atoms with van der Waals surface area (Å²) < 4.78 is 6.95. The van der Waals surface area contributed by atoms with E-state index in [2.05, 4.69) is 41.6 Å². The molecule has 0 aliphatic carbocycles. The van der Waals surface area contributed by atoms with Gasteiger partial charge in [-0.15, -0.1) is 6.58 Å². The maximum Gasteiger partial charge on any atom is 0.325 e. The normalized spacial score (nSPS) is 10.3. The number of aryl methyl sites for hydroxylation is 1. The summed E-state index contributed by atoms with van der Waals surface area (Å²) in [4.78, 5) is 25.5. The van der Waals surface area contributed by atoms with Crippen molar-refractivity contribution in [3.05, 3.63) is 72.1 Å². The molecule has 0 aliphatic rings. The molecule has 0 saturated heterocycles. The summed E-state index contributed by atoms with van der Waals surface area (Å²) >= 11 is 0. The lowest BCUT2D eigenvalue weighted by Gasteiger charge is -2.22. The minimum absolute atomic E-state index is 0.148. The first-order valence-electron chi connectivity index (χ1n) is 9.02. The molecular weight excluding hydrogens is 342 g/mol. The molecule has 2 aromatic rings. The fourth-order valence-electron chi connectivity index (χ4n) is 2.80. The van der Waals surface area contributed by atoms with Crippen molar-refractivity contribution in [3.8, 4) is 0 Å². The number of carbonyl (C=O) groups excluding carboxylic acids is 2. The SMILES string of the molecule is C=CCN(Cc1cccn1Cc1cccc(C)c1)C(=O)NCC(=O)OCC. The van der Waals surface area contributed by atoms with Crippen LogP contribution in [0.5, 0.6) is 0 Å². The monoisotopic (exact) mass is 369 g/mol. The van der Waals surface area contributed by atoms with Crippen molar-refractivity contribution in [1.82, 2.24) is 14.8 Å². The van der Waals surface area contributed by atoms with Gasteiger partial charge in [0.05, 0.1) is 13.2 Å². The minimum atomic E-state index is -0.452. The topological polar surface area (TPSA) is 63.6 Å². The smallest absolute Gasteiger partial charge is 0.325 e. The van der Waals surface area contributed by atoms with Crippen molar-refractivity contribution in [2.45, 2.75) is 26.9 Å². The number of aromatic nitrogens is 1. The van der Waals surface area contributed by atoms with Crippen molar-refractivity contribution < 1.29 is 14.3 Å². The van der Waals surface area contributed by atoms with Gasteiger partial charge in [0, 0.05) is 25.0 Å². The van der Waals surface area contributed by atoms with Gasteiger partial charge in [0.1, 0.15) is 6.54 Å².